The lowest BCUT2D eigenvalue weighted by molar-refractivity contribution is -0.119. The van der Waals surface area contributed by atoms with Gasteiger partial charge in [0.25, 0.3) is 0 Å². The molecule has 0 heterocycles. The van der Waals surface area contributed by atoms with Gasteiger partial charge < -0.3 is 10.4 Å². The summed E-state index contributed by atoms with van der Waals surface area (Å²) < 4.78 is 0.118. The summed E-state index contributed by atoms with van der Waals surface area (Å²) in [4.78, 5) is 11.6. The average Bonchev–Trinajstić information content (AvgIpc) is 2.08. The highest BCUT2D eigenvalue weighted by atomic mass is 32.2. The minimum atomic E-state index is -0.328. The Labute approximate surface area is 110 Å². The lowest BCUT2D eigenvalue weighted by atomic mass is 9.87. The molecule has 0 rings (SSSR count). The zero-order valence-corrected chi connectivity index (χ0v) is 12.8. The quantitative estimate of drug-likeness (QED) is 0.772. The van der Waals surface area contributed by atoms with Gasteiger partial charge in [0.1, 0.15) is 0 Å². The second kappa shape index (κ2) is 6.64. The van der Waals surface area contributed by atoms with E-state index < -0.39 is 0 Å². The van der Waals surface area contributed by atoms with Gasteiger partial charge in [0.05, 0.1) is 11.9 Å². The Balaban J connectivity index is 3.91. The molecule has 0 aliphatic carbocycles. The van der Waals surface area contributed by atoms with Crippen LogP contribution in [0, 0.1) is 5.41 Å². The predicted molar refractivity (Wildman–Crippen MR) is 75.3 cm³/mol. The summed E-state index contributed by atoms with van der Waals surface area (Å²) in [5.41, 5.74) is -0.0593. The lowest BCUT2D eigenvalue weighted by Crippen LogP contribution is -2.37. The summed E-state index contributed by atoms with van der Waals surface area (Å²) in [5, 5.41) is 12.3. The Kier molecular flexibility index (Phi) is 6.56. The number of hydrogen-bond acceptors (Lipinski definition) is 3. The first-order valence-corrected chi connectivity index (χ1v) is 7.09. The number of carbonyl (C=O) groups excluding carboxylic acids is 1. The average molecular weight is 261 g/mol. The highest BCUT2D eigenvalue weighted by molar-refractivity contribution is 8.01. The Morgan fingerprint density at radius 1 is 1.29 bits per heavy atom. The molecule has 102 valence electrons. The van der Waals surface area contributed by atoms with Crippen molar-refractivity contribution in [2.75, 3.05) is 12.3 Å². The van der Waals surface area contributed by atoms with Crippen LogP contribution in [0.5, 0.6) is 0 Å². The van der Waals surface area contributed by atoms with Crippen molar-refractivity contribution >= 4 is 17.7 Å². The van der Waals surface area contributed by atoms with Crippen molar-refractivity contribution < 1.29 is 9.90 Å². The van der Waals surface area contributed by atoms with Gasteiger partial charge in [-0.1, -0.05) is 34.6 Å². The predicted octanol–water partition coefficient (Wildman–Crippen LogP) is 2.43. The van der Waals surface area contributed by atoms with Gasteiger partial charge in [-0.05, 0) is 18.8 Å². The topological polar surface area (TPSA) is 49.3 Å². The zero-order chi connectivity index (χ0) is 13.7. The third-order valence-electron chi connectivity index (χ3n) is 2.25. The molecule has 4 heteroatoms. The Morgan fingerprint density at radius 2 is 1.82 bits per heavy atom. The van der Waals surface area contributed by atoms with Crippen molar-refractivity contribution in [2.45, 2.75) is 58.8 Å². The maximum Gasteiger partial charge on any atom is 0.230 e. The number of hydrogen-bond donors (Lipinski definition) is 2. The summed E-state index contributed by atoms with van der Waals surface area (Å²) in [6, 6.07) is 0. The summed E-state index contributed by atoms with van der Waals surface area (Å²) in [5.74, 6) is 0.567. The molecule has 17 heavy (non-hydrogen) atoms. The first-order valence-electron chi connectivity index (χ1n) is 6.10. The molecular formula is C13H27NO2S. The van der Waals surface area contributed by atoms with Crippen LogP contribution in [0.4, 0.5) is 0 Å². The third kappa shape index (κ3) is 10.6. The molecule has 0 aromatic heterocycles. The summed E-state index contributed by atoms with van der Waals surface area (Å²) in [7, 11) is 0. The van der Waals surface area contributed by atoms with E-state index >= 15 is 0 Å². The van der Waals surface area contributed by atoms with Crippen LogP contribution in [0.3, 0.4) is 0 Å². The summed E-state index contributed by atoms with van der Waals surface area (Å²) in [6.07, 6.45) is 0.366. The van der Waals surface area contributed by atoms with Gasteiger partial charge >= 0.3 is 0 Å². The van der Waals surface area contributed by atoms with Crippen LogP contribution in [-0.2, 0) is 4.79 Å². The van der Waals surface area contributed by atoms with Crippen LogP contribution in [0.2, 0.25) is 0 Å². The Bertz CT molecular complexity index is 244. The van der Waals surface area contributed by atoms with Crippen molar-refractivity contribution in [1.29, 1.82) is 0 Å². The number of thioether (sulfide) groups is 1. The minimum Gasteiger partial charge on any atom is -0.393 e. The molecule has 1 amide bonds. The Morgan fingerprint density at radius 3 is 2.24 bits per heavy atom. The molecule has 0 radical (unpaired) electrons. The maximum absolute atomic E-state index is 11.6. The molecule has 0 aliphatic rings. The van der Waals surface area contributed by atoms with Crippen molar-refractivity contribution in [3.05, 3.63) is 0 Å². The van der Waals surface area contributed by atoms with E-state index in [1.54, 1.807) is 18.7 Å². The molecule has 0 fully saturated rings. The standard InChI is InChI=1S/C13H27NO2S/c1-10(15)7-13(5,6)9-14-11(16)8-17-12(2,3)4/h10,15H,7-9H2,1-6H3,(H,14,16). The summed E-state index contributed by atoms with van der Waals surface area (Å²) >= 11 is 1.64. The van der Waals surface area contributed by atoms with Gasteiger partial charge in [-0.25, -0.2) is 0 Å². The van der Waals surface area contributed by atoms with Gasteiger partial charge in [0, 0.05) is 11.3 Å². The van der Waals surface area contributed by atoms with Gasteiger partial charge in [-0.15, -0.1) is 11.8 Å². The first kappa shape index (κ1) is 16.8. The van der Waals surface area contributed by atoms with Crippen LogP contribution in [0.25, 0.3) is 0 Å². The molecule has 1 unspecified atom stereocenters. The smallest absolute Gasteiger partial charge is 0.230 e. The third-order valence-corrected chi connectivity index (χ3v) is 3.52. The molecule has 0 saturated carbocycles. The highest BCUT2D eigenvalue weighted by Gasteiger charge is 2.21. The molecular weight excluding hydrogens is 234 g/mol. The number of rotatable bonds is 6. The molecule has 0 bridgehead atoms. The second-order valence-corrected chi connectivity index (χ2v) is 8.20. The van der Waals surface area contributed by atoms with E-state index in [0.717, 1.165) is 0 Å². The number of aliphatic hydroxyl groups is 1. The van der Waals surface area contributed by atoms with E-state index in [1.165, 1.54) is 0 Å². The molecule has 0 aromatic carbocycles. The molecule has 0 aromatic rings. The largest absolute Gasteiger partial charge is 0.393 e. The molecule has 0 spiro atoms. The van der Waals surface area contributed by atoms with Gasteiger partial charge in [-0.3, -0.25) is 4.79 Å². The van der Waals surface area contributed by atoms with Crippen molar-refractivity contribution in [3.63, 3.8) is 0 Å². The van der Waals surface area contributed by atoms with Crippen LogP contribution >= 0.6 is 11.8 Å². The second-order valence-electron chi connectivity index (χ2n) is 6.40. The highest BCUT2D eigenvalue weighted by Crippen LogP contribution is 2.23. The fraction of sp³-hybridized carbons (Fsp3) is 0.923. The molecule has 3 nitrogen and oxygen atoms in total. The number of nitrogens with one attached hydrogen (secondary N) is 1. The van der Waals surface area contributed by atoms with Crippen molar-refractivity contribution in [3.8, 4) is 0 Å². The van der Waals surface area contributed by atoms with Crippen molar-refractivity contribution in [1.82, 2.24) is 5.32 Å². The van der Waals surface area contributed by atoms with E-state index in [4.69, 9.17) is 0 Å². The molecule has 2 N–H and O–H groups in total. The van der Waals surface area contributed by atoms with E-state index in [-0.39, 0.29) is 22.2 Å². The van der Waals surface area contributed by atoms with Crippen LogP contribution in [0.15, 0.2) is 0 Å². The van der Waals surface area contributed by atoms with E-state index in [9.17, 15) is 9.90 Å². The molecule has 0 saturated heterocycles. The first-order chi connectivity index (χ1) is 7.52. The fourth-order valence-corrected chi connectivity index (χ4v) is 2.21. The SMILES string of the molecule is CC(O)CC(C)(C)CNC(=O)CSC(C)(C)C. The van der Waals surface area contributed by atoms with Gasteiger partial charge in [-0.2, -0.15) is 0 Å². The zero-order valence-electron chi connectivity index (χ0n) is 12.0. The van der Waals surface area contributed by atoms with Gasteiger partial charge in [0.2, 0.25) is 5.91 Å². The number of aliphatic hydroxyl groups excluding tert-OH is 1. The molecule has 1 atom stereocenters. The van der Waals surface area contributed by atoms with E-state index in [1.807, 2.05) is 0 Å². The van der Waals surface area contributed by atoms with Crippen LogP contribution in [-0.4, -0.2) is 34.2 Å². The Hall–Kier alpha value is -0.220. The summed E-state index contributed by atoms with van der Waals surface area (Å²) in [6.45, 7) is 12.8. The fourth-order valence-electron chi connectivity index (χ4n) is 1.54. The normalized spacial score (nSPS) is 14.5. The van der Waals surface area contributed by atoms with E-state index in [0.29, 0.717) is 18.7 Å². The monoisotopic (exact) mass is 261 g/mol. The van der Waals surface area contributed by atoms with Crippen LogP contribution in [0.1, 0.15) is 48.0 Å². The van der Waals surface area contributed by atoms with Crippen LogP contribution < -0.4 is 5.32 Å². The number of carbonyl (C=O) groups is 1. The lowest BCUT2D eigenvalue weighted by Gasteiger charge is -2.26. The van der Waals surface area contributed by atoms with Crippen molar-refractivity contribution in [2.24, 2.45) is 5.41 Å². The number of amides is 1. The van der Waals surface area contributed by atoms with Gasteiger partial charge in [0.15, 0.2) is 0 Å². The maximum atomic E-state index is 11.6. The van der Waals surface area contributed by atoms with E-state index in [2.05, 4.69) is 39.9 Å². The minimum absolute atomic E-state index is 0.0593. The molecule has 0 aliphatic heterocycles.